The van der Waals surface area contributed by atoms with Crippen molar-refractivity contribution in [3.8, 4) is 5.75 Å². The largest absolute Gasteiger partial charge is 0.490 e. The van der Waals surface area contributed by atoms with E-state index in [4.69, 9.17) is 10.5 Å². The van der Waals surface area contributed by atoms with Crippen molar-refractivity contribution in [1.29, 1.82) is 0 Å². The number of unbranched alkanes of at least 4 members (excludes halogenated alkanes) is 1. The zero-order valence-electron chi connectivity index (χ0n) is 25.6. The molecule has 10 heteroatoms. The molecule has 3 unspecified atom stereocenters. The summed E-state index contributed by atoms with van der Waals surface area (Å²) in [6.45, 7) is 3.75. The first kappa shape index (κ1) is 34.7. The van der Waals surface area contributed by atoms with Crippen molar-refractivity contribution < 1.29 is 29.3 Å². The summed E-state index contributed by atoms with van der Waals surface area (Å²) in [5.74, 6) is -0.00941. The van der Waals surface area contributed by atoms with E-state index in [1.807, 2.05) is 42.5 Å². The molecule has 0 aliphatic rings. The summed E-state index contributed by atoms with van der Waals surface area (Å²) in [5.41, 5.74) is 7.55. The summed E-state index contributed by atoms with van der Waals surface area (Å²) in [6.07, 6.45) is 2.61. The summed E-state index contributed by atoms with van der Waals surface area (Å²) >= 11 is 0. The third kappa shape index (κ3) is 11.7. The summed E-state index contributed by atoms with van der Waals surface area (Å²) in [4.78, 5) is 36.4. The van der Waals surface area contributed by atoms with E-state index in [2.05, 4.69) is 22.9 Å². The first-order valence-corrected chi connectivity index (χ1v) is 15.2. The molecule has 0 aromatic heterocycles. The van der Waals surface area contributed by atoms with Gasteiger partial charge < -0.3 is 36.6 Å². The summed E-state index contributed by atoms with van der Waals surface area (Å²) in [7, 11) is 0. The van der Waals surface area contributed by atoms with Crippen LogP contribution in [0, 0.1) is 0 Å². The Morgan fingerprint density at radius 2 is 1.68 bits per heavy atom. The molecule has 238 valence electrons. The van der Waals surface area contributed by atoms with Crippen molar-refractivity contribution in [1.82, 2.24) is 10.6 Å². The third-order valence-electron chi connectivity index (χ3n) is 7.37. The molecule has 0 spiro atoms. The Balaban J connectivity index is 1.30. The molecule has 7 N–H and O–H groups in total. The summed E-state index contributed by atoms with van der Waals surface area (Å²) in [6, 6.07) is 19.5. The molecule has 0 bridgehead atoms. The van der Waals surface area contributed by atoms with E-state index in [1.165, 1.54) is 6.92 Å². The van der Waals surface area contributed by atoms with Crippen LogP contribution in [0.4, 0.5) is 5.69 Å². The topological polar surface area (TPSA) is 163 Å². The average molecular weight is 607 g/mol. The lowest BCUT2D eigenvalue weighted by Gasteiger charge is -2.20. The number of anilines is 1. The van der Waals surface area contributed by atoms with Gasteiger partial charge in [0.15, 0.2) is 5.78 Å². The van der Waals surface area contributed by atoms with Gasteiger partial charge in [-0.1, -0.05) is 55.0 Å². The van der Waals surface area contributed by atoms with E-state index in [0.29, 0.717) is 18.7 Å². The maximum atomic E-state index is 12.6. The highest BCUT2D eigenvalue weighted by Crippen LogP contribution is 2.25. The lowest BCUT2D eigenvalue weighted by atomic mass is 9.97. The Kier molecular flexibility index (Phi) is 14.2. The molecule has 3 aromatic rings. The molecule has 4 atom stereocenters. The number of ether oxygens (including phenoxy) is 1. The zero-order chi connectivity index (χ0) is 31.9. The molecule has 44 heavy (non-hydrogen) atoms. The predicted octanol–water partition coefficient (Wildman–Crippen LogP) is 3.08. The molecule has 2 amide bonds. The van der Waals surface area contributed by atoms with Crippen LogP contribution in [0.3, 0.4) is 0 Å². The van der Waals surface area contributed by atoms with Crippen molar-refractivity contribution in [3.05, 3.63) is 72.3 Å². The standard InChI is InChI=1S/C34H46N4O6/c1-23(36-21-28(41)22-44-32-12-7-10-26-9-4-5-11-29(26)32)8-3-6-13-33(42)38-27-16-14-25(15-17-27)20-30(35)34(43)31(18-19-39)37-24(2)40/h4-5,7,9-12,14-17,23,28,30-31,36,39,41H,3,6,8,13,18-22,35H2,1-2H3,(H,37,40)(H,38,42)/t23?,28?,30-,31?/m0/s1. The van der Waals surface area contributed by atoms with Crippen molar-refractivity contribution in [2.24, 2.45) is 5.73 Å². The average Bonchev–Trinajstić information content (AvgIpc) is 3.01. The number of hydrogen-bond donors (Lipinski definition) is 6. The Hall–Kier alpha value is -3.83. The van der Waals surface area contributed by atoms with Crippen LogP contribution in [0.2, 0.25) is 0 Å². The van der Waals surface area contributed by atoms with Gasteiger partial charge >= 0.3 is 0 Å². The van der Waals surface area contributed by atoms with Crippen LogP contribution in [0.1, 0.15) is 51.5 Å². The molecule has 0 aliphatic heterocycles. The summed E-state index contributed by atoms with van der Waals surface area (Å²) in [5, 5.41) is 30.5. The lowest BCUT2D eigenvalue weighted by molar-refractivity contribution is -0.127. The van der Waals surface area contributed by atoms with Gasteiger partial charge in [-0.15, -0.1) is 0 Å². The Morgan fingerprint density at radius 3 is 2.41 bits per heavy atom. The van der Waals surface area contributed by atoms with Gasteiger partial charge in [0.1, 0.15) is 18.5 Å². The number of hydrogen-bond acceptors (Lipinski definition) is 8. The van der Waals surface area contributed by atoms with E-state index >= 15 is 0 Å². The first-order valence-electron chi connectivity index (χ1n) is 15.2. The fourth-order valence-corrected chi connectivity index (χ4v) is 4.96. The van der Waals surface area contributed by atoms with Crippen molar-refractivity contribution in [2.45, 2.75) is 76.6 Å². The number of fused-ring (bicyclic) bond motifs is 1. The number of carbonyl (C=O) groups excluding carboxylic acids is 3. The fourth-order valence-electron chi connectivity index (χ4n) is 4.96. The molecule has 0 fully saturated rings. The molecule has 3 aromatic carbocycles. The number of nitrogens with one attached hydrogen (secondary N) is 3. The van der Waals surface area contributed by atoms with Crippen LogP contribution in [0.5, 0.6) is 5.75 Å². The third-order valence-corrected chi connectivity index (χ3v) is 7.37. The van der Waals surface area contributed by atoms with Crippen molar-refractivity contribution in [2.75, 3.05) is 25.1 Å². The number of nitrogens with two attached hydrogens (primary N) is 1. The van der Waals surface area contributed by atoms with Gasteiger partial charge in [0, 0.05) is 43.6 Å². The highest BCUT2D eigenvalue weighted by atomic mass is 16.5. The Bertz CT molecular complexity index is 1340. The van der Waals surface area contributed by atoms with Gasteiger partial charge in [0.05, 0.1) is 12.1 Å². The minimum Gasteiger partial charge on any atom is -0.490 e. The number of aliphatic hydroxyl groups is 2. The smallest absolute Gasteiger partial charge is 0.224 e. The molecule has 10 nitrogen and oxygen atoms in total. The molecule has 0 saturated carbocycles. The maximum absolute atomic E-state index is 12.6. The quantitative estimate of drug-likeness (QED) is 0.113. The van der Waals surface area contributed by atoms with Gasteiger partial charge in [-0.2, -0.15) is 0 Å². The van der Waals surface area contributed by atoms with Gasteiger partial charge in [-0.25, -0.2) is 0 Å². The van der Waals surface area contributed by atoms with Crippen molar-refractivity contribution >= 4 is 34.1 Å². The minimum atomic E-state index is -0.831. The molecule has 0 radical (unpaired) electrons. The molecule has 0 saturated heterocycles. The van der Waals surface area contributed by atoms with Crippen LogP contribution in [0.25, 0.3) is 10.8 Å². The summed E-state index contributed by atoms with van der Waals surface area (Å²) < 4.78 is 5.87. The monoisotopic (exact) mass is 606 g/mol. The molecule has 0 heterocycles. The fraction of sp³-hybridized carbons (Fsp3) is 0.441. The van der Waals surface area contributed by atoms with E-state index in [9.17, 15) is 24.6 Å². The van der Waals surface area contributed by atoms with Crippen LogP contribution >= 0.6 is 0 Å². The van der Waals surface area contributed by atoms with Crippen LogP contribution < -0.4 is 26.4 Å². The first-order chi connectivity index (χ1) is 21.2. The number of aliphatic hydroxyl groups excluding tert-OH is 2. The number of ketones is 1. The van der Waals surface area contributed by atoms with Crippen molar-refractivity contribution in [3.63, 3.8) is 0 Å². The number of carbonyl (C=O) groups is 3. The highest BCUT2D eigenvalue weighted by Gasteiger charge is 2.25. The van der Waals surface area contributed by atoms with E-state index in [0.717, 1.165) is 41.3 Å². The van der Waals surface area contributed by atoms with Gasteiger partial charge in [-0.05, 0) is 61.8 Å². The Morgan fingerprint density at radius 1 is 0.955 bits per heavy atom. The van der Waals surface area contributed by atoms with E-state index in [1.54, 1.807) is 24.3 Å². The van der Waals surface area contributed by atoms with Crippen LogP contribution in [-0.2, 0) is 20.8 Å². The molecule has 0 aliphatic carbocycles. The molecular weight excluding hydrogens is 560 g/mol. The molecule has 3 rings (SSSR count). The van der Waals surface area contributed by atoms with E-state index in [-0.39, 0.29) is 49.7 Å². The van der Waals surface area contributed by atoms with Crippen LogP contribution in [-0.4, -0.2) is 71.8 Å². The second kappa shape index (κ2) is 18.1. The zero-order valence-corrected chi connectivity index (χ0v) is 25.6. The van der Waals surface area contributed by atoms with Gasteiger partial charge in [-0.3, -0.25) is 14.4 Å². The normalized spacial score (nSPS) is 13.9. The second-order valence-corrected chi connectivity index (χ2v) is 11.2. The van der Waals surface area contributed by atoms with Gasteiger partial charge in [0.25, 0.3) is 0 Å². The van der Waals surface area contributed by atoms with Gasteiger partial charge in [0.2, 0.25) is 11.8 Å². The highest BCUT2D eigenvalue weighted by molar-refractivity contribution is 5.92. The Labute approximate surface area is 259 Å². The predicted molar refractivity (Wildman–Crippen MR) is 172 cm³/mol. The number of Topliss-reactive ketones (excluding diaryl/α,β-unsaturated/α-hetero) is 1. The molecular formula is C34H46N4O6. The van der Waals surface area contributed by atoms with E-state index < -0.39 is 18.2 Å². The number of amides is 2. The lowest BCUT2D eigenvalue weighted by Crippen LogP contribution is -2.48. The number of rotatable bonds is 19. The van der Waals surface area contributed by atoms with Crippen LogP contribution in [0.15, 0.2) is 66.7 Å². The second-order valence-electron chi connectivity index (χ2n) is 11.2. The maximum Gasteiger partial charge on any atom is 0.224 e. The minimum absolute atomic E-state index is 0.0756. The number of benzene rings is 3. The SMILES string of the molecule is CC(=O)NC(CCO)C(=O)[C@@H](N)Cc1ccc(NC(=O)CCCCC(C)NCC(O)COc2cccc3ccccc23)cc1.